The highest BCUT2D eigenvalue weighted by Gasteiger charge is 2.30. The maximum Gasteiger partial charge on any atom is 0.263 e. The predicted octanol–water partition coefficient (Wildman–Crippen LogP) is 4.22. The van der Waals surface area contributed by atoms with E-state index in [1.165, 1.54) is 0 Å². The van der Waals surface area contributed by atoms with E-state index >= 15 is 0 Å². The Kier molecular flexibility index (Phi) is 8.10. The Morgan fingerprint density at radius 2 is 1.91 bits per heavy atom. The van der Waals surface area contributed by atoms with Crippen LogP contribution >= 0.6 is 0 Å². The lowest BCUT2D eigenvalue weighted by Gasteiger charge is -2.31. The number of ether oxygens (including phenoxy) is 1. The second-order valence-corrected chi connectivity index (χ2v) is 11.8. The average Bonchev–Trinajstić information content (AvgIpc) is 3.90. The van der Waals surface area contributed by atoms with Crippen LogP contribution in [0.2, 0.25) is 0 Å². The van der Waals surface area contributed by atoms with Crippen LogP contribution in [-0.4, -0.2) is 59.1 Å². The van der Waals surface area contributed by atoms with Gasteiger partial charge in [0, 0.05) is 62.7 Å². The van der Waals surface area contributed by atoms with Crippen molar-refractivity contribution >= 4 is 17.6 Å². The first kappa shape index (κ1) is 28.8. The summed E-state index contributed by atoms with van der Waals surface area (Å²) < 4.78 is 6.98. The number of aromatic nitrogens is 2. The third-order valence-electron chi connectivity index (χ3n) is 8.36. The summed E-state index contributed by atoms with van der Waals surface area (Å²) in [5.74, 6) is -0.0280. The number of hydrogen-bond donors (Lipinski definition) is 2. The summed E-state index contributed by atoms with van der Waals surface area (Å²) in [6.45, 7) is 4.48. The molecule has 6 rings (SSSR count). The van der Waals surface area contributed by atoms with Gasteiger partial charge in [0.1, 0.15) is 11.4 Å². The number of rotatable bonds is 11. The Hall–Kier alpha value is -4.33. The molecule has 3 aromatic rings. The van der Waals surface area contributed by atoms with Crippen LogP contribution in [0.3, 0.4) is 0 Å². The molecule has 1 saturated heterocycles. The summed E-state index contributed by atoms with van der Waals surface area (Å²) in [4.78, 5) is 46.9. The van der Waals surface area contributed by atoms with Crippen molar-refractivity contribution in [1.29, 1.82) is 5.26 Å². The first-order valence-electron chi connectivity index (χ1n) is 15.0. The fourth-order valence-corrected chi connectivity index (χ4v) is 5.32. The van der Waals surface area contributed by atoms with E-state index in [2.05, 4.69) is 16.7 Å². The number of carbonyl (C=O) groups is 2. The van der Waals surface area contributed by atoms with Gasteiger partial charge in [0.15, 0.2) is 0 Å². The zero-order valence-electron chi connectivity index (χ0n) is 24.6. The number of benzene rings is 1. The van der Waals surface area contributed by atoms with Gasteiger partial charge in [0.2, 0.25) is 0 Å². The fourth-order valence-electron chi connectivity index (χ4n) is 5.32. The summed E-state index contributed by atoms with van der Waals surface area (Å²) in [7, 11) is 1.66. The van der Waals surface area contributed by atoms with Gasteiger partial charge in [0.05, 0.1) is 17.7 Å². The molecular weight excluding hydrogens is 544 g/mol. The van der Waals surface area contributed by atoms with Crippen molar-refractivity contribution in [2.75, 3.05) is 32.1 Å². The molecule has 2 saturated carbocycles. The minimum atomic E-state index is -0.519. The normalized spacial score (nSPS) is 16.7. The number of amides is 2. The molecule has 1 atom stereocenters. The van der Waals surface area contributed by atoms with Crippen molar-refractivity contribution in [3.05, 3.63) is 80.9 Å². The van der Waals surface area contributed by atoms with Crippen LogP contribution in [0.15, 0.2) is 47.4 Å². The van der Waals surface area contributed by atoms with E-state index in [1.54, 1.807) is 46.9 Å². The minimum Gasteiger partial charge on any atom is -0.380 e. The van der Waals surface area contributed by atoms with E-state index in [4.69, 9.17) is 9.72 Å². The van der Waals surface area contributed by atoms with E-state index in [9.17, 15) is 19.6 Å². The Bertz CT molecular complexity index is 1660. The van der Waals surface area contributed by atoms with Gasteiger partial charge in [-0.15, -0.1) is 0 Å². The first-order chi connectivity index (χ1) is 20.8. The number of hydrogen-bond acceptors (Lipinski definition) is 7. The fraction of sp³-hybridized carbons (Fsp3) is 0.424. The molecular formula is C33H36N6O4. The zero-order valence-corrected chi connectivity index (χ0v) is 24.6. The molecule has 3 aliphatic rings. The molecule has 0 unspecified atom stereocenters. The van der Waals surface area contributed by atoms with Crippen LogP contribution < -0.4 is 16.2 Å². The molecule has 0 spiro atoms. The van der Waals surface area contributed by atoms with E-state index in [0.29, 0.717) is 48.7 Å². The molecule has 222 valence electrons. The SMILES string of the molecule is CO[C@@H](C)CNCc1cc(C(=O)Nc2cc(-c3ccc(C#N)cc3C(=O)N3CCC3)cc(C3CC3)n2)c(=O)n(C2CC2)c1. The van der Waals surface area contributed by atoms with E-state index in [-0.39, 0.29) is 35.1 Å². The van der Waals surface area contributed by atoms with E-state index in [0.717, 1.165) is 48.9 Å². The number of nitriles is 1. The largest absolute Gasteiger partial charge is 0.380 e. The molecule has 10 heteroatoms. The Balaban J connectivity index is 1.33. The average molecular weight is 581 g/mol. The van der Waals surface area contributed by atoms with Crippen LogP contribution in [0.25, 0.3) is 11.1 Å². The van der Waals surface area contributed by atoms with E-state index < -0.39 is 5.91 Å². The van der Waals surface area contributed by atoms with Crippen molar-refractivity contribution < 1.29 is 14.3 Å². The van der Waals surface area contributed by atoms with Crippen molar-refractivity contribution in [2.45, 2.75) is 63.6 Å². The third-order valence-corrected chi connectivity index (χ3v) is 8.36. The summed E-state index contributed by atoms with van der Waals surface area (Å²) in [5.41, 5.74) is 3.72. The lowest BCUT2D eigenvalue weighted by molar-refractivity contribution is 0.0652. The Morgan fingerprint density at radius 3 is 2.56 bits per heavy atom. The Labute approximate surface area is 250 Å². The molecule has 3 fully saturated rings. The van der Waals surface area contributed by atoms with Crippen molar-refractivity contribution in [1.82, 2.24) is 19.8 Å². The molecule has 0 radical (unpaired) electrons. The lowest BCUT2D eigenvalue weighted by atomic mass is 9.95. The topological polar surface area (TPSA) is 129 Å². The van der Waals surface area contributed by atoms with Gasteiger partial charge in [-0.25, -0.2) is 4.98 Å². The molecule has 2 aliphatic carbocycles. The molecule has 2 amide bonds. The summed E-state index contributed by atoms with van der Waals surface area (Å²) in [5, 5.41) is 15.7. The highest BCUT2D eigenvalue weighted by molar-refractivity contribution is 6.05. The zero-order chi connectivity index (χ0) is 30.1. The number of carbonyl (C=O) groups excluding carboxylic acids is 2. The number of likely N-dealkylation sites (tertiary alicyclic amines) is 1. The second-order valence-electron chi connectivity index (χ2n) is 11.8. The van der Waals surface area contributed by atoms with Crippen LogP contribution in [0, 0.1) is 11.3 Å². The monoisotopic (exact) mass is 580 g/mol. The number of pyridine rings is 2. The molecule has 0 bridgehead atoms. The van der Waals surface area contributed by atoms with Gasteiger partial charge in [-0.05, 0) is 86.1 Å². The van der Waals surface area contributed by atoms with E-state index in [1.807, 2.05) is 19.2 Å². The van der Waals surface area contributed by atoms with Gasteiger partial charge in [-0.3, -0.25) is 14.4 Å². The van der Waals surface area contributed by atoms with Crippen molar-refractivity contribution in [3.63, 3.8) is 0 Å². The van der Waals surface area contributed by atoms with Gasteiger partial charge in [-0.2, -0.15) is 5.26 Å². The number of anilines is 1. The van der Waals surface area contributed by atoms with Crippen LogP contribution in [0.5, 0.6) is 0 Å². The van der Waals surface area contributed by atoms with Gasteiger partial charge < -0.3 is 24.8 Å². The summed E-state index contributed by atoms with van der Waals surface area (Å²) in [6, 6.07) is 12.7. The van der Waals surface area contributed by atoms with Crippen molar-refractivity contribution in [2.24, 2.45) is 0 Å². The number of nitrogens with zero attached hydrogens (tertiary/aromatic N) is 4. The standard InChI is InChI=1S/C33H36N6O4/c1-20(43-2)17-35-18-22-13-28(33(42)39(19-22)25-7-8-25)31(40)37-30-15-24(14-29(36-30)23-5-6-23)26-9-4-21(16-34)12-27(26)32(41)38-10-3-11-38/h4,9,12-15,19-20,23,25,35H,3,5-8,10-11,17-18H2,1-2H3,(H,36,37,40)/t20-/m0/s1. The molecule has 1 aliphatic heterocycles. The number of methoxy groups -OCH3 is 1. The Morgan fingerprint density at radius 1 is 1.12 bits per heavy atom. The van der Waals surface area contributed by atoms with Gasteiger partial charge in [0.25, 0.3) is 17.4 Å². The minimum absolute atomic E-state index is 0.0361. The van der Waals surface area contributed by atoms with Crippen LogP contribution in [0.1, 0.15) is 88.5 Å². The third kappa shape index (κ3) is 6.38. The molecule has 1 aromatic carbocycles. The molecule has 3 heterocycles. The number of nitrogens with one attached hydrogen (secondary N) is 2. The predicted molar refractivity (Wildman–Crippen MR) is 162 cm³/mol. The highest BCUT2D eigenvalue weighted by Crippen LogP contribution is 2.41. The second kappa shape index (κ2) is 12.1. The highest BCUT2D eigenvalue weighted by atomic mass is 16.5. The van der Waals surface area contributed by atoms with Crippen LogP contribution in [-0.2, 0) is 11.3 Å². The van der Waals surface area contributed by atoms with Crippen LogP contribution in [0.4, 0.5) is 5.82 Å². The molecule has 2 N–H and O–H groups in total. The van der Waals surface area contributed by atoms with Gasteiger partial charge >= 0.3 is 0 Å². The maximum absolute atomic E-state index is 13.6. The lowest BCUT2D eigenvalue weighted by Crippen LogP contribution is -2.42. The first-order valence-corrected chi connectivity index (χ1v) is 15.0. The molecule has 43 heavy (non-hydrogen) atoms. The smallest absolute Gasteiger partial charge is 0.263 e. The summed E-state index contributed by atoms with van der Waals surface area (Å²) in [6.07, 6.45) is 6.66. The quantitative estimate of drug-likeness (QED) is 0.347. The van der Waals surface area contributed by atoms with Gasteiger partial charge in [-0.1, -0.05) is 6.07 Å². The maximum atomic E-state index is 13.6. The molecule has 10 nitrogen and oxygen atoms in total. The molecule has 2 aromatic heterocycles. The summed E-state index contributed by atoms with van der Waals surface area (Å²) >= 11 is 0. The van der Waals surface area contributed by atoms with Crippen molar-refractivity contribution in [3.8, 4) is 17.2 Å².